The summed E-state index contributed by atoms with van der Waals surface area (Å²) in [4.78, 5) is 43.9. The molecule has 6 heteroatoms. The van der Waals surface area contributed by atoms with Gasteiger partial charge in [0.25, 0.3) is 0 Å². The highest BCUT2D eigenvalue weighted by atomic mass is 16.5. The van der Waals surface area contributed by atoms with Crippen molar-refractivity contribution in [2.24, 2.45) is 0 Å². The van der Waals surface area contributed by atoms with E-state index in [1.165, 1.54) is 0 Å². The van der Waals surface area contributed by atoms with Crippen LogP contribution in [-0.4, -0.2) is 36.7 Å². The highest BCUT2D eigenvalue weighted by Gasteiger charge is 2.14. The first-order chi connectivity index (χ1) is 8.84. The maximum atomic E-state index is 11.3. The molecule has 106 valence electrons. The molecule has 0 rings (SSSR count). The van der Waals surface area contributed by atoms with Gasteiger partial charge in [-0.25, -0.2) is 4.79 Å². The van der Waals surface area contributed by atoms with E-state index >= 15 is 0 Å². The molecule has 0 radical (unpaired) electrons. The lowest BCUT2D eigenvalue weighted by molar-refractivity contribution is -0.148. The molecule has 0 spiro atoms. The van der Waals surface area contributed by atoms with E-state index in [1.54, 1.807) is 6.92 Å². The van der Waals surface area contributed by atoms with Gasteiger partial charge in [-0.3, -0.25) is 14.4 Å². The third-order valence-corrected chi connectivity index (χ3v) is 2.10. The normalized spacial score (nSPS) is 9.58. The largest absolute Gasteiger partial charge is 0.462 e. The molecule has 0 N–H and O–H groups in total. The van der Waals surface area contributed by atoms with E-state index in [0.717, 1.165) is 6.92 Å². The van der Waals surface area contributed by atoms with Gasteiger partial charge < -0.3 is 9.47 Å². The molecule has 0 heterocycles. The average molecular weight is 270 g/mol. The Balaban J connectivity index is 3.69. The first kappa shape index (κ1) is 17.0. The van der Waals surface area contributed by atoms with Gasteiger partial charge in [0.1, 0.15) is 0 Å². The minimum Gasteiger partial charge on any atom is -0.462 e. The Morgan fingerprint density at radius 3 is 2.11 bits per heavy atom. The summed E-state index contributed by atoms with van der Waals surface area (Å²) in [7, 11) is 0. The molecule has 0 aromatic carbocycles. The molecule has 19 heavy (non-hydrogen) atoms. The van der Waals surface area contributed by atoms with Crippen molar-refractivity contribution < 1.29 is 28.7 Å². The van der Waals surface area contributed by atoms with Crippen LogP contribution in [0.1, 0.15) is 33.1 Å². The fourth-order valence-corrected chi connectivity index (χ4v) is 1.06. The maximum absolute atomic E-state index is 11.3. The number of carbonyl (C=O) groups excluding carboxylic acids is 4. The Hall–Kier alpha value is -1.98. The molecule has 0 aromatic heterocycles. The van der Waals surface area contributed by atoms with Crippen LogP contribution in [0.3, 0.4) is 0 Å². The molecule has 0 aliphatic carbocycles. The Labute approximate surface area is 111 Å². The molecule has 0 fully saturated rings. The fourth-order valence-electron chi connectivity index (χ4n) is 1.06. The lowest BCUT2D eigenvalue weighted by Crippen LogP contribution is -2.21. The molecular weight excluding hydrogens is 252 g/mol. The van der Waals surface area contributed by atoms with Crippen molar-refractivity contribution in [3.8, 4) is 0 Å². The van der Waals surface area contributed by atoms with Crippen molar-refractivity contribution in [2.45, 2.75) is 33.1 Å². The van der Waals surface area contributed by atoms with Gasteiger partial charge in [-0.2, -0.15) is 0 Å². The Kier molecular flexibility index (Phi) is 8.08. The molecule has 0 saturated carbocycles. The molecule has 0 bridgehead atoms. The van der Waals surface area contributed by atoms with Crippen molar-refractivity contribution in [2.75, 3.05) is 13.2 Å². The second kappa shape index (κ2) is 9.02. The molecule has 0 amide bonds. The zero-order valence-electron chi connectivity index (χ0n) is 11.2. The van der Waals surface area contributed by atoms with Crippen molar-refractivity contribution in [1.82, 2.24) is 0 Å². The summed E-state index contributed by atoms with van der Waals surface area (Å²) in [6.07, 6.45) is 0.949. The third kappa shape index (κ3) is 8.70. The highest BCUT2D eigenvalue weighted by Crippen LogP contribution is 2.00. The Morgan fingerprint density at radius 2 is 1.58 bits per heavy atom. The molecule has 0 unspecified atom stereocenters. The number of ether oxygens (including phenoxy) is 2. The van der Waals surface area contributed by atoms with E-state index in [2.05, 4.69) is 11.3 Å². The summed E-state index contributed by atoms with van der Waals surface area (Å²) in [5.74, 6) is -2.40. The molecule has 6 nitrogen and oxygen atoms in total. The van der Waals surface area contributed by atoms with Crippen LogP contribution in [0, 0.1) is 0 Å². The number of rotatable bonds is 9. The number of esters is 2. The predicted octanol–water partition coefficient (Wildman–Crippen LogP) is 0.977. The molecule has 0 aromatic rings. The first-order valence-corrected chi connectivity index (χ1v) is 5.86. The van der Waals surface area contributed by atoms with Gasteiger partial charge in [-0.15, -0.1) is 0 Å². The van der Waals surface area contributed by atoms with E-state index in [-0.39, 0.29) is 13.0 Å². The van der Waals surface area contributed by atoms with Gasteiger partial charge in [0.05, 0.1) is 6.61 Å². The number of unbranched alkanes of at least 4 members (excludes halogenated alkanes) is 1. The summed E-state index contributed by atoms with van der Waals surface area (Å²) < 4.78 is 9.24. The van der Waals surface area contributed by atoms with Crippen molar-refractivity contribution in [3.05, 3.63) is 12.2 Å². The number of hydrogen-bond donors (Lipinski definition) is 0. The van der Waals surface area contributed by atoms with Gasteiger partial charge >= 0.3 is 11.9 Å². The van der Waals surface area contributed by atoms with Crippen LogP contribution < -0.4 is 0 Å². The van der Waals surface area contributed by atoms with Crippen LogP contribution in [0.25, 0.3) is 0 Å². The van der Waals surface area contributed by atoms with Gasteiger partial charge in [-0.05, 0) is 19.8 Å². The standard InChI is InChI=1S/C13H18O6/c1-9(2)13(17)18-7-5-4-6-11(15)12(16)8-19-10(3)14/h1,4-8H2,2-3H3. The summed E-state index contributed by atoms with van der Waals surface area (Å²) >= 11 is 0. The van der Waals surface area contributed by atoms with Crippen LogP contribution in [0.5, 0.6) is 0 Å². The second-order valence-corrected chi connectivity index (χ2v) is 4.00. The number of Topliss-reactive ketones (excluding diaryl/α,β-unsaturated/α-hetero) is 2. The summed E-state index contributed by atoms with van der Waals surface area (Å²) in [6.45, 7) is 5.79. The summed E-state index contributed by atoms with van der Waals surface area (Å²) in [5, 5.41) is 0. The summed E-state index contributed by atoms with van der Waals surface area (Å²) in [5.41, 5.74) is 0.313. The van der Waals surface area contributed by atoms with Crippen molar-refractivity contribution in [3.63, 3.8) is 0 Å². The van der Waals surface area contributed by atoms with Crippen LogP contribution in [0.15, 0.2) is 12.2 Å². The predicted molar refractivity (Wildman–Crippen MR) is 66.3 cm³/mol. The number of ketones is 2. The molecule has 0 atom stereocenters. The van der Waals surface area contributed by atoms with E-state index in [4.69, 9.17) is 4.74 Å². The maximum Gasteiger partial charge on any atom is 0.333 e. The Morgan fingerprint density at radius 1 is 0.947 bits per heavy atom. The van der Waals surface area contributed by atoms with Crippen molar-refractivity contribution >= 4 is 23.5 Å². The fraction of sp³-hybridized carbons (Fsp3) is 0.538. The SMILES string of the molecule is C=C(C)C(=O)OCCCCC(=O)C(=O)COC(C)=O. The number of carbonyl (C=O) groups is 4. The highest BCUT2D eigenvalue weighted by molar-refractivity contribution is 6.37. The van der Waals surface area contributed by atoms with Crippen LogP contribution in [0.2, 0.25) is 0 Å². The van der Waals surface area contributed by atoms with E-state index < -0.39 is 30.1 Å². The van der Waals surface area contributed by atoms with Gasteiger partial charge in [0.15, 0.2) is 6.61 Å². The van der Waals surface area contributed by atoms with Crippen molar-refractivity contribution in [1.29, 1.82) is 0 Å². The van der Waals surface area contributed by atoms with Gasteiger partial charge in [0.2, 0.25) is 11.6 Å². The molecule has 0 aliphatic rings. The van der Waals surface area contributed by atoms with E-state index in [1.807, 2.05) is 0 Å². The second-order valence-electron chi connectivity index (χ2n) is 4.00. The molecule has 0 aliphatic heterocycles. The lowest BCUT2D eigenvalue weighted by Gasteiger charge is -2.04. The van der Waals surface area contributed by atoms with Crippen LogP contribution in [-0.2, 0) is 28.7 Å². The minimum atomic E-state index is -0.728. The van der Waals surface area contributed by atoms with E-state index in [0.29, 0.717) is 18.4 Å². The lowest BCUT2D eigenvalue weighted by atomic mass is 10.1. The zero-order chi connectivity index (χ0) is 14.8. The topological polar surface area (TPSA) is 86.7 Å². The average Bonchev–Trinajstić information content (AvgIpc) is 2.34. The minimum absolute atomic E-state index is 0.0463. The first-order valence-electron chi connectivity index (χ1n) is 5.86. The van der Waals surface area contributed by atoms with Gasteiger partial charge in [0, 0.05) is 18.9 Å². The van der Waals surface area contributed by atoms with Gasteiger partial charge in [-0.1, -0.05) is 6.58 Å². The Bertz CT molecular complexity index is 383. The zero-order valence-corrected chi connectivity index (χ0v) is 11.2. The van der Waals surface area contributed by atoms with Crippen LogP contribution >= 0.6 is 0 Å². The summed E-state index contributed by atoms with van der Waals surface area (Å²) in [6, 6.07) is 0. The molecular formula is C13H18O6. The van der Waals surface area contributed by atoms with Crippen LogP contribution in [0.4, 0.5) is 0 Å². The number of hydrogen-bond acceptors (Lipinski definition) is 6. The smallest absolute Gasteiger partial charge is 0.333 e. The van der Waals surface area contributed by atoms with E-state index in [9.17, 15) is 19.2 Å². The monoisotopic (exact) mass is 270 g/mol. The third-order valence-electron chi connectivity index (χ3n) is 2.10. The quantitative estimate of drug-likeness (QED) is 0.268. The molecule has 0 saturated heterocycles.